The fourth-order valence-corrected chi connectivity index (χ4v) is 3.29. The molecule has 3 unspecified atom stereocenters. The standard InChI is InChI=1S/C23H42O7/c1-4-6-8-10-11-12-13-15-19(20(24)16-14-9-7-5-2)23(28)29-17-21(25)30-18(3)22(26)27/h18-20,24H,4-17H2,1-3H3,(H,26,27). The zero-order valence-electron chi connectivity index (χ0n) is 19.1. The van der Waals surface area contributed by atoms with E-state index in [9.17, 15) is 19.5 Å². The predicted molar refractivity (Wildman–Crippen MR) is 115 cm³/mol. The number of aliphatic hydroxyl groups is 1. The monoisotopic (exact) mass is 430 g/mol. The first-order valence-corrected chi connectivity index (χ1v) is 11.6. The van der Waals surface area contributed by atoms with E-state index in [1.165, 1.54) is 32.6 Å². The average molecular weight is 431 g/mol. The number of carboxylic acid groups (broad SMARTS) is 1. The van der Waals surface area contributed by atoms with Crippen LogP contribution in [-0.2, 0) is 23.9 Å². The average Bonchev–Trinajstić information content (AvgIpc) is 2.71. The zero-order chi connectivity index (χ0) is 22.8. The summed E-state index contributed by atoms with van der Waals surface area (Å²) in [5.74, 6) is -3.48. The summed E-state index contributed by atoms with van der Waals surface area (Å²) >= 11 is 0. The van der Waals surface area contributed by atoms with Crippen LogP contribution in [0.2, 0.25) is 0 Å². The van der Waals surface area contributed by atoms with Crippen molar-refractivity contribution < 1.29 is 34.1 Å². The highest BCUT2D eigenvalue weighted by atomic mass is 16.6. The summed E-state index contributed by atoms with van der Waals surface area (Å²) in [5, 5.41) is 19.3. The number of carbonyl (C=O) groups excluding carboxylic acids is 2. The lowest BCUT2D eigenvalue weighted by molar-refractivity contribution is -0.171. The molecule has 0 aromatic carbocycles. The van der Waals surface area contributed by atoms with Crippen LogP contribution in [0.3, 0.4) is 0 Å². The number of esters is 2. The maximum atomic E-state index is 12.5. The molecule has 0 aliphatic rings. The second kappa shape index (κ2) is 18.2. The van der Waals surface area contributed by atoms with Crippen LogP contribution < -0.4 is 0 Å². The highest BCUT2D eigenvalue weighted by Crippen LogP contribution is 2.21. The smallest absolute Gasteiger partial charge is 0.345 e. The molecule has 0 amide bonds. The first-order valence-electron chi connectivity index (χ1n) is 11.6. The molecule has 0 fully saturated rings. The Kier molecular flexibility index (Phi) is 17.2. The van der Waals surface area contributed by atoms with Crippen molar-refractivity contribution >= 4 is 17.9 Å². The van der Waals surface area contributed by atoms with E-state index in [1.807, 2.05) is 0 Å². The molecule has 0 saturated carbocycles. The Labute approximate surface area is 181 Å². The van der Waals surface area contributed by atoms with E-state index in [1.54, 1.807) is 0 Å². The molecule has 2 N–H and O–H groups in total. The molecule has 0 aliphatic carbocycles. The van der Waals surface area contributed by atoms with Gasteiger partial charge in [0, 0.05) is 0 Å². The van der Waals surface area contributed by atoms with Crippen LogP contribution in [-0.4, -0.2) is 46.9 Å². The normalized spacial score (nSPS) is 14.0. The van der Waals surface area contributed by atoms with Crippen molar-refractivity contribution in [2.75, 3.05) is 6.61 Å². The van der Waals surface area contributed by atoms with Crippen LogP contribution in [0.4, 0.5) is 0 Å². The van der Waals surface area contributed by atoms with Gasteiger partial charge in [-0.25, -0.2) is 9.59 Å². The van der Waals surface area contributed by atoms with Gasteiger partial charge in [0.1, 0.15) is 0 Å². The largest absolute Gasteiger partial charge is 0.479 e. The first kappa shape index (κ1) is 28.4. The Morgan fingerprint density at radius 2 is 1.30 bits per heavy atom. The van der Waals surface area contributed by atoms with Crippen molar-refractivity contribution in [3.63, 3.8) is 0 Å². The molecule has 0 aromatic heterocycles. The van der Waals surface area contributed by atoms with Crippen molar-refractivity contribution in [1.29, 1.82) is 0 Å². The van der Waals surface area contributed by atoms with Gasteiger partial charge in [-0.1, -0.05) is 84.5 Å². The van der Waals surface area contributed by atoms with Crippen LogP contribution in [0.1, 0.15) is 104 Å². The molecule has 0 bridgehead atoms. The summed E-state index contributed by atoms with van der Waals surface area (Å²) in [6.07, 6.45) is 10.7. The van der Waals surface area contributed by atoms with E-state index in [-0.39, 0.29) is 0 Å². The third kappa shape index (κ3) is 14.4. The lowest BCUT2D eigenvalue weighted by atomic mass is 9.91. The van der Waals surface area contributed by atoms with Gasteiger partial charge in [-0.2, -0.15) is 0 Å². The highest BCUT2D eigenvalue weighted by Gasteiger charge is 2.28. The molecule has 30 heavy (non-hydrogen) atoms. The number of hydrogen-bond donors (Lipinski definition) is 2. The molecule has 0 heterocycles. The maximum absolute atomic E-state index is 12.5. The molecular weight excluding hydrogens is 388 g/mol. The molecule has 7 nitrogen and oxygen atoms in total. The molecule has 0 spiro atoms. The Morgan fingerprint density at radius 1 is 0.800 bits per heavy atom. The van der Waals surface area contributed by atoms with Crippen molar-refractivity contribution in [3.8, 4) is 0 Å². The number of ether oxygens (including phenoxy) is 2. The van der Waals surface area contributed by atoms with Crippen LogP contribution in [0, 0.1) is 5.92 Å². The van der Waals surface area contributed by atoms with Crippen molar-refractivity contribution in [2.24, 2.45) is 5.92 Å². The minimum absolute atomic E-state index is 0.516. The van der Waals surface area contributed by atoms with Crippen LogP contribution in [0.15, 0.2) is 0 Å². The van der Waals surface area contributed by atoms with Crippen molar-refractivity contribution in [1.82, 2.24) is 0 Å². The van der Waals surface area contributed by atoms with Crippen molar-refractivity contribution in [2.45, 2.75) is 116 Å². The van der Waals surface area contributed by atoms with Gasteiger partial charge in [0.15, 0.2) is 12.7 Å². The van der Waals surface area contributed by atoms with Crippen LogP contribution >= 0.6 is 0 Å². The van der Waals surface area contributed by atoms with Crippen LogP contribution in [0.25, 0.3) is 0 Å². The topological polar surface area (TPSA) is 110 Å². The van der Waals surface area contributed by atoms with Crippen molar-refractivity contribution in [3.05, 3.63) is 0 Å². The summed E-state index contributed by atoms with van der Waals surface area (Å²) in [6, 6.07) is 0. The number of carbonyl (C=O) groups is 3. The van der Waals surface area contributed by atoms with Crippen LogP contribution in [0.5, 0.6) is 0 Å². The second-order valence-electron chi connectivity index (χ2n) is 8.01. The summed E-state index contributed by atoms with van der Waals surface area (Å²) in [6.45, 7) is 4.87. The highest BCUT2D eigenvalue weighted by molar-refractivity contribution is 5.80. The minimum Gasteiger partial charge on any atom is -0.479 e. The number of hydrogen-bond acceptors (Lipinski definition) is 6. The van der Waals surface area contributed by atoms with E-state index < -0.39 is 42.6 Å². The molecular formula is C23H42O7. The second-order valence-corrected chi connectivity index (χ2v) is 8.01. The molecule has 7 heteroatoms. The Bertz CT molecular complexity index is 478. The number of rotatable bonds is 19. The minimum atomic E-state index is -1.30. The molecule has 176 valence electrons. The summed E-state index contributed by atoms with van der Waals surface area (Å²) in [7, 11) is 0. The van der Waals surface area contributed by atoms with E-state index in [0.29, 0.717) is 12.8 Å². The van der Waals surface area contributed by atoms with Gasteiger partial charge in [0.25, 0.3) is 0 Å². The fourth-order valence-electron chi connectivity index (χ4n) is 3.29. The Hall–Kier alpha value is -1.63. The van der Waals surface area contributed by atoms with Gasteiger partial charge in [0.05, 0.1) is 12.0 Å². The molecule has 0 aromatic rings. The Balaban J connectivity index is 4.54. The molecule has 3 atom stereocenters. The lowest BCUT2D eigenvalue weighted by Gasteiger charge is -2.21. The summed E-state index contributed by atoms with van der Waals surface area (Å²) < 4.78 is 9.70. The number of aliphatic carboxylic acids is 1. The SMILES string of the molecule is CCCCCCCCCC(C(=O)OCC(=O)OC(C)C(=O)O)C(O)CCCCCC. The first-order chi connectivity index (χ1) is 14.3. The third-order valence-corrected chi connectivity index (χ3v) is 5.23. The number of unbranched alkanes of at least 4 members (excludes halogenated alkanes) is 9. The summed E-state index contributed by atoms with van der Waals surface area (Å²) in [5.41, 5.74) is 0. The molecule has 0 aliphatic heterocycles. The van der Waals surface area contributed by atoms with E-state index in [2.05, 4.69) is 18.6 Å². The number of aliphatic hydroxyl groups excluding tert-OH is 1. The van der Waals surface area contributed by atoms with Gasteiger partial charge >= 0.3 is 17.9 Å². The van der Waals surface area contributed by atoms with E-state index >= 15 is 0 Å². The van der Waals surface area contributed by atoms with E-state index in [0.717, 1.165) is 44.9 Å². The van der Waals surface area contributed by atoms with Gasteiger partial charge in [-0.3, -0.25) is 4.79 Å². The fraction of sp³-hybridized carbons (Fsp3) is 0.870. The quantitative estimate of drug-likeness (QED) is 0.227. The molecule has 0 radical (unpaired) electrons. The molecule has 0 saturated heterocycles. The third-order valence-electron chi connectivity index (χ3n) is 5.23. The Morgan fingerprint density at radius 3 is 1.87 bits per heavy atom. The van der Waals surface area contributed by atoms with E-state index in [4.69, 9.17) is 9.84 Å². The predicted octanol–water partition coefficient (Wildman–Crippen LogP) is 4.63. The van der Waals surface area contributed by atoms with Gasteiger partial charge in [-0.05, 0) is 19.8 Å². The lowest BCUT2D eigenvalue weighted by Crippen LogP contribution is -2.32. The maximum Gasteiger partial charge on any atom is 0.345 e. The summed E-state index contributed by atoms with van der Waals surface area (Å²) in [4.78, 5) is 34.9. The number of carboxylic acids is 1. The van der Waals surface area contributed by atoms with Gasteiger partial charge in [0.2, 0.25) is 0 Å². The zero-order valence-corrected chi connectivity index (χ0v) is 19.1. The molecule has 0 rings (SSSR count). The van der Waals surface area contributed by atoms with Gasteiger partial charge < -0.3 is 19.7 Å². The van der Waals surface area contributed by atoms with Gasteiger partial charge in [-0.15, -0.1) is 0 Å².